The van der Waals surface area contributed by atoms with Gasteiger partial charge in [-0.15, -0.1) is 0 Å². The van der Waals surface area contributed by atoms with Crippen LogP contribution in [0.1, 0.15) is 80.1 Å². The topological polar surface area (TPSA) is 0 Å². The Morgan fingerprint density at radius 1 is 0.647 bits per heavy atom. The zero-order chi connectivity index (χ0) is 13.5. The number of rotatable bonds is 9. The fourth-order valence-corrected chi connectivity index (χ4v) is 19.8. The summed E-state index contributed by atoms with van der Waals surface area (Å²) in [6.07, 6.45) is 8.58. The Hall–Kier alpha value is 0.799. The number of hydrogen-bond donors (Lipinski definition) is 0. The molecule has 1 heteroatoms. The summed E-state index contributed by atoms with van der Waals surface area (Å²) in [6.45, 7) is 14.8. The molecule has 104 valence electrons. The molecule has 0 saturated heterocycles. The SMILES string of the molecule is CCC[CH](C)[Sn]([CH3])([CH](C)CCC)[CH](C)CCC. The summed E-state index contributed by atoms with van der Waals surface area (Å²) in [4.78, 5) is 2.77. The van der Waals surface area contributed by atoms with Crippen LogP contribution in [0.15, 0.2) is 0 Å². The van der Waals surface area contributed by atoms with Gasteiger partial charge in [0.2, 0.25) is 0 Å². The second-order valence-electron chi connectivity index (χ2n) is 6.44. The summed E-state index contributed by atoms with van der Waals surface area (Å²) < 4.78 is 3.20. The first-order valence-corrected chi connectivity index (χ1v) is 15.7. The minimum absolute atomic E-state index is 1.07. The molecule has 0 bridgehead atoms. The monoisotopic (exact) mass is 348 g/mol. The molecule has 0 aliphatic rings. The molecule has 0 aliphatic carbocycles. The third kappa shape index (κ3) is 4.76. The van der Waals surface area contributed by atoms with Crippen LogP contribution in [0.5, 0.6) is 0 Å². The molecule has 0 aliphatic heterocycles. The fourth-order valence-electron chi connectivity index (χ4n) is 3.69. The quantitative estimate of drug-likeness (QED) is 0.410. The van der Waals surface area contributed by atoms with Crippen LogP contribution in [-0.2, 0) is 0 Å². The Morgan fingerprint density at radius 3 is 1.06 bits per heavy atom. The molecule has 0 aromatic carbocycles. The van der Waals surface area contributed by atoms with Crippen LogP contribution in [0, 0.1) is 0 Å². The van der Waals surface area contributed by atoms with E-state index in [9.17, 15) is 0 Å². The maximum absolute atomic E-state index is 2.77. The van der Waals surface area contributed by atoms with Gasteiger partial charge in [0.1, 0.15) is 0 Å². The Kier molecular flexibility index (Phi) is 9.24. The molecule has 0 rings (SSSR count). The van der Waals surface area contributed by atoms with Crippen LogP contribution in [0.2, 0.25) is 16.7 Å². The van der Waals surface area contributed by atoms with Crippen molar-refractivity contribution in [3.8, 4) is 0 Å². The van der Waals surface area contributed by atoms with Crippen LogP contribution in [0.4, 0.5) is 0 Å². The third-order valence-electron chi connectivity index (χ3n) is 5.35. The standard InChI is InChI=1S/3C5H11.CH3.Sn/c3*1-3-5-4-2;;/h3*3H,4-5H2,1-2H3;1H3;. The van der Waals surface area contributed by atoms with E-state index in [1.165, 1.54) is 38.5 Å². The third-order valence-corrected chi connectivity index (χ3v) is 26.0. The van der Waals surface area contributed by atoms with Crippen LogP contribution in [-0.4, -0.2) is 18.4 Å². The summed E-state index contributed by atoms with van der Waals surface area (Å²) in [7, 11) is 0. The Morgan fingerprint density at radius 2 is 0.882 bits per heavy atom. The average Bonchev–Trinajstić information content (AvgIpc) is 2.28. The summed E-state index contributed by atoms with van der Waals surface area (Å²) in [5.41, 5.74) is 0. The van der Waals surface area contributed by atoms with E-state index in [1.807, 2.05) is 0 Å². The van der Waals surface area contributed by atoms with Crippen molar-refractivity contribution < 1.29 is 0 Å². The van der Waals surface area contributed by atoms with Gasteiger partial charge in [0, 0.05) is 0 Å². The van der Waals surface area contributed by atoms with Crippen molar-refractivity contribution in [3.05, 3.63) is 0 Å². The molecule has 0 radical (unpaired) electrons. The fraction of sp³-hybridized carbons (Fsp3) is 1.00. The molecule has 0 aromatic rings. The molecule has 0 saturated carbocycles. The van der Waals surface area contributed by atoms with Crippen LogP contribution < -0.4 is 0 Å². The average molecular weight is 347 g/mol. The Bertz CT molecular complexity index is 157. The first-order chi connectivity index (χ1) is 7.94. The summed E-state index contributed by atoms with van der Waals surface area (Å²) in [6, 6.07) is 0. The predicted octanol–water partition coefficient (Wildman–Crippen LogP) is 6.64. The van der Waals surface area contributed by atoms with Crippen molar-refractivity contribution in [2.45, 2.75) is 96.8 Å². The van der Waals surface area contributed by atoms with E-state index < -0.39 is 18.4 Å². The van der Waals surface area contributed by atoms with Crippen molar-refractivity contribution in [3.63, 3.8) is 0 Å². The van der Waals surface area contributed by atoms with E-state index in [0.717, 1.165) is 11.8 Å². The van der Waals surface area contributed by atoms with Crippen molar-refractivity contribution >= 4 is 18.4 Å². The molecule has 0 spiro atoms. The molecule has 0 fully saturated rings. The van der Waals surface area contributed by atoms with Crippen molar-refractivity contribution in [1.82, 2.24) is 0 Å². The van der Waals surface area contributed by atoms with Gasteiger partial charge in [0.25, 0.3) is 0 Å². The molecule has 0 aromatic heterocycles. The van der Waals surface area contributed by atoms with E-state index >= 15 is 0 Å². The van der Waals surface area contributed by atoms with Crippen LogP contribution in [0.3, 0.4) is 0 Å². The van der Waals surface area contributed by atoms with Gasteiger partial charge in [-0.25, -0.2) is 0 Å². The van der Waals surface area contributed by atoms with Gasteiger partial charge in [0.15, 0.2) is 0 Å². The van der Waals surface area contributed by atoms with Gasteiger partial charge in [-0.05, 0) is 0 Å². The second kappa shape index (κ2) is 8.82. The molecule has 0 heterocycles. The summed E-state index contributed by atoms with van der Waals surface area (Å²) in [5.74, 6) is 0. The Labute approximate surface area is 115 Å². The van der Waals surface area contributed by atoms with E-state index in [0.29, 0.717) is 0 Å². The van der Waals surface area contributed by atoms with Crippen LogP contribution in [0.25, 0.3) is 0 Å². The summed E-state index contributed by atoms with van der Waals surface area (Å²) in [5, 5.41) is 0. The van der Waals surface area contributed by atoms with Gasteiger partial charge in [-0.1, -0.05) is 0 Å². The summed E-state index contributed by atoms with van der Waals surface area (Å²) >= 11 is -1.97. The Balaban J connectivity index is 4.90. The van der Waals surface area contributed by atoms with E-state index in [-0.39, 0.29) is 0 Å². The van der Waals surface area contributed by atoms with Gasteiger partial charge in [-0.3, -0.25) is 0 Å². The molecule has 0 N–H and O–H groups in total. The zero-order valence-corrected chi connectivity index (χ0v) is 16.3. The van der Waals surface area contributed by atoms with E-state index in [4.69, 9.17) is 0 Å². The van der Waals surface area contributed by atoms with E-state index in [2.05, 4.69) is 46.5 Å². The molecular weight excluding hydrogens is 311 g/mol. The first kappa shape index (κ1) is 17.8. The van der Waals surface area contributed by atoms with Crippen molar-refractivity contribution in [1.29, 1.82) is 0 Å². The first-order valence-electron chi connectivity index (χ1n) is 7.94. The predicted molar refractivity (Wildman–Crippen MR) is 84.6 cm³/mol. The van der Waals surface area contributed by atoms with Gasteiger partial charge < -0.3 is 0 Å². The van der Waals surface area contributed by atoms with E-state index in [1.54, 1.807) is 0 Å². The van der Waals surface area contributed by atoms with Gasteiger partial charge >= 0.3 is 115 Å². The van der Waals surface area contributed by atoms with Gasteiger partial charge in [-0.2, -0.15) is 0 Å². The van der Waals surface area contributed by atoms with Crippen LogP contribution >= 0.6 is 0 Å². The van der Waals surface area contributed by atoms with Crippen molar-refractivity contribution in [2.24, 2.45) is 0 Å². The zero-order valence-electron chi connectivity index (χ0n) is 13.5. The molecule has 0 nitrogen and oxygen atoms in total. The molecule has 3 atom stereocenters. The normalized spacial score (nSPS) is 20.6. The minimum atomic E-state index is -1.97. The van der Waals surface area contributed by atoms with Crippen molar-refractivity contribution in [2.75, 3.05) is 0 Å². The maximum atomic E-state index is 2.77. The van der Waals surface area contributed by atoms with Gasteiger partial charge in [0.05, 0.1) is 0 Å². The second-order valence-corrected chi connectivity index (χ2v) is 22.7. The molecule has 3 unspecified atom stereocenters. The molecule has 0 amide bonds. The molecule has 17 heavy (non-hydrogen) atoms. The number of hydrogen-bond acceptors (Lipinski definition) is 0. The molecular formula is C16H36Sn.